The largest absolute Gasteiger partial charge is 0.486 e. The number of carbonyl (C=O) groups is 1. The van der Waals surface area contributed by atoms with E-state index in [2.05, 4.69) is 0 Å². The third-order valence-electron chi connectivity index (χ3n) is 4.14. The fourth-order valence-electron chi connectivity index (χ4n) is 2.67. The first kappa shape index (κ1) is 18.1. The molecule has 0 amide bonds. The SMILES string of the molecule is COC(=O)c1ccc(C)c(N(C)S(=O)(=O)c2ccc3c(c2)OCCO3)c1. The van der Waals surface area contributed by atoms with Crippen molar-refractivity contribution in [1.82, 2.24) is 0 Å². The van der Waals surface area contributed by atoms with Crippen molar-refractivity contribution in [2.24, 2.45) is 0 Å². The minimum Gasteiger partial charge on any atom is -0.486 e. The second kappa shape index (κ2) is 6.87. The van der Waals surface area contributed by atoms with Crippen molar-refractivity contribution in [3.63, 3.8) is 0 Å². The molecule has 0 bridgehead atoms. The van der Waals surface area contributed by atoms with E-state index in [1.165, 1.54) is 32.4 Å². The van der Waals surface area contributed by atoms with Crippen LogP contribution in [0.2, 0.25) is 0 Å². The van der Waals surface area contributed by atoms with Gasteiger partial charge in [-0.25, -0.2) is 13.2 Å². The maximum atomic E-state index is 13.0. The number of ether oxygens (including phenoxy) is 3. The Kier molecular flexibility index (Phi) is 4.78. The topological polar surface area (TPSA) is 82.1 Å². The van der Waals surface area contributed by atoms with Crippen LogP contribution in [0.3, 0.4) is 0 Å². The number of hydrogen-bond acceptors (Lipinski definition) is 6. The molecule has 1 heterocycles. The van der Waals surface area contributed by atoms with Gasteiger partial charge in [0.25, 0.3) is 10.0 Å². The van der Waals surface area contributed by atoms with Crippen molar-refractivity contribution >= 4 is 21.7 Å². The molecule has 7 nitrogen and oxygen atoms in total. The molecule has 0 fully saturated rings. The molecule has 1 aliphatic heterocycles. The van der Waals surface area contributed by atoms with Crippen molar-refractivity contribution in [2.45, 2.75) is 11.8 Å². The van der Waals surface area contributed by atoms with Crippen molar-refractivity contribution in [3.05, 3.63) is 47.5 Å². The van der Waals surface area contributed by atoms with Crippen molar-refractivity contribution in [1.29, 1.82) is 0 Å². The molecule has 0 N–H and O–H groups in total. The second-order valence-electron chi connectivity index (χ2n) is 5.77. The van der Waals surface area contributed by atoms with Gasteiger partial charge in [-0.2, -0.15) is 0 Å². The van der Waals surface area contributed by atoms with Crippen LogP contribution >= 0.6 is 0 Å². The number of aryl methyl sites for hydroxylation is 1. The van der Waals surface area contributed by atoms with Crippen LogP contribution in [-0.4, -0.2) is 41.8 Å². The molecule has 0 radical (unpaired) electrons. The van der Waals surface area contributed by atoms with E-state index in [9.17, 15) is 13.2 Å². The highest BCUT2D eigenvalue weighted by Gasteiger charge is 2.25. The minimum absolute atomic E-state index is 0.0760. The molecular weight excluding hydrogens is 358 g/mol. The quantitative estimate of drug-likeness (QED) is 0.761. The first-order valence-corrected chi connectivity index (χ1v) is 9.36. The van der Waals surface area contributed by atoms with Gasteiger partial charge in [0.05, 0.1) is 23.3 Å². The predicted molar refractivity (Wildman–Crippen MR) is 95.5 cm³/mol. The van der Waals surface area contributed by atoms with Gasteiger partial charge < -0.3 is 14.2 Å². The highest BCUT2D eigenvalue weighted by Crippen LogP contribution is 2.34. The standard InChI is InChI=1S/C18H19NO6S/c1-12-4-5-13(18(20)23-3)10-15(12)19(2)26(21,22)14-6-7-16-17(11-14)25-9-8-24-16/h4-7,10-11H,8-9H2,1-3H3. The predicted octanol–water partition coefficient (Wildman–Crippen LogP) is 2.38. The van der Waals surface area contributed by atoms with Gasteiger partial charge in [-0.3, -0.25) is 4.31 Å². The van der Waals surface area contributed by atoms with Crippen LogP contribution in [0.25, 0.3) is 0 Å². The molecule has 2 aromatic rings. The lowest BCUT2D eigenvalue weighted by molar-refractivity contribution is 0.0600. The van der Waals surface area contributed by atoms with Gasteiger partial charge in [-0.15, -0.1) is 0 Å². The number of hydrogen-bond donors (Lipinski definition) is 0. The summed E-state index contributed by atoms with van der Waals surface area (Å²) in [5.41, 5.74) is 1.38. The Hall–Kier alpha value is -2.74. The molecule has 0 saturated carbocycles. The number of carbonyl (C=O) groups excluding carboxylic acids is 1. The number of fused-ring (bicyclic) bond motifs is 1. The zero-order chi connectivity index (χ0) is 18.9. The number of benzene rings is 2. The molecule has 0 aromatic heterocycles. The van der Waals surface area contributed by atoms with Crippen LogP contribution in [0.1, 0.15) is 15.9 Å². The third kappa shape index (κ3) is 3.20. The van der Waals surface area contributed by atoms with Gasteiger partial charge in [0, 0.05) is 13.1 Å². The molecule has 3 rings (SSSR count). The monoisotopic (exact) mass is 377 g/mol. The zero-order valence-corrected chi connectivity index (χ0v) is 15.5. The van der Waals surface area contributed by atoms with Crippen LogP contribution in [0.4, 0.5) is 5.69 Å². The number of methoxy groups -OCH3 is 1. The Balaban J connectivity index is 2.01. The van der Waals surface area contributed by atoms with E-state index >= 15 is 0 Å². The molecule has 0 atom stereocenters. The van der Waals surface area contributed by atoms with E-state index < -0.39 is 16.0 Å². The van der Waals surface area contributed by atoms with Gasteiger partial charge in [-0.1, -0.05) is 6.07 Å². The number of sulfonamides is 1. The lowest BCUT2D eigenvalue weighted by Gasteiger charge is -2.23. The average Bonchev–Trinajstić information content (AvgIpc) is 2.66. The summed E-state index contributed by atoms with van der Waals surface area (Å²) in [6.07, 6.45) is 0. The Morgan fingerprint density at radius 1 is 1.08 bits per heavy atom. The first-order chi connectivity index (χ1) is 12.3. The molecule has 1 aliphatic rings. The maximum Gasteiger partial charge on any atom is 0.337 e. The summed E-state index contributed by atoms with van der Waals surface area (Å²) in [5, 5.41) is 0. The molecule has 0 aliphatic carbocycles. The maximum absolute atomic E-state index is 13.0. The summed E-state index contributed by atoms with van der Waals surface area (Å²) in [6, 6.07) is 9.26. The normalized spacial score (nSPS) is 13.2. The zero-order valence-electron chi connectivity index (χ0n) is 14.7. The fraction of sp³-hybridized carbons (Fsp3) is 0.278. The molecule has 138 valence electrons. The summed E-state index contributed by atoms with van der Waals surface area (Å²) >= 11 is 0. The Labute approximate surface area is 152 Å². The molecular formula is C18H19NO6S. The summed E-state index contributed by atoms with van der Waals surface area (Å²) < 4.78 is 42.8. The molecule has 26 heavy (non-hydrogen) atoms. The second-order valence-corrected chi connectivity index (χ2v) is 7.74. The Morgan fingerprint density at radius 3 is 2.46 bits per heavy atom. The smallest absolute Gasteiger partial charge is 0.337 e. The van der Waals surface area contributed by atoms with Gasteiger partial charge in [-0.05, 0) is 36.8 Å². The van der Waals surface area contributed by atoms with Crippen molar-refractivity contribution < 1.29 is 27.4 Å². The number of anilines is 1. The van der Waals surface area contributed by atoms with E-state index in [0.717, 1.165) is 4.31 Å². The lowest BCUT2D eigenvalue weighted by atomic mass is 10.1. The molecule has 2 aromatic carbocycles. The number of nitrogens with zero attached hydrogens (tertiary/aromatic N) is 1. The minimum atomic E-state index is -3.85. The fourth-order valence-corrected chi connectivity index (χ4v) is 3.93. The summed E-state index contributed by atoms with van der Waals surface area (Å²) in [7, 11) is -1.14. The highest BCUT2D eigenvalue weighted by atomic mass is 32.2. The van der Waals surface area contributed by atoms with Crippen LogP contribution in [0.5, 0.6) is 11.5 Å². The van der Waals surface area contributed by atoms with Crippen molar-refractivity contribution in [3.8, 4) is 11.5 Å². The van der Waals surface area contributed by atoms with Crippen molar-refractivity contribution in [2.75, 3.05) is 31.7 Å². The molecule has 0 unspecified atom stereocenters. The summed E-state index contributed by atoms with van der Waals surface area (Å²) in [6.45, 7) is 2.57. The first-order valence-electron chi connectivity index (χ1n) is 7.92. The molecule has 8 heteroatoms. The van der Waals surface area contributed by atoms with Gasteiger partial charge >= 0.3 is 5.97 Å². The molecule has 0 saturated heterocycles. The Morgan fingerprint density at radius 2 is 1.77 bits per heavy atom. The van der Waals surface area contributed by atoms with E-state index in [4.69, 9.17) is 14.2 Å². The lowest BCUT2D eigenvalue weighted by Crippen LogP contribution is -2.27. The summed E-state index contributed by atoms with van der Waals surface area (Å²) in [4.78, 5) is 11.8. The highest BCUT2D eigenvalue weighted by molar-refractivity contribution is 7.92. The number of rotatable bonds is 4. The van der Waals surface area contributed by atoms with Gasteiger partial charge in [0.15, 0.2) is 11.5 Å². The van der Waals surface area contributed by atoms with E-state index in [0.29, 0.717) is 36.0 Å². The summed E-state index contributed by atoms with van der Waals surface area (Å²) in [5.74, 6) is 0.379. The third-order valence-corrected chi connectivity index (χ3v) is 5.91. The van der Waals surface area contributed by atoms with E-state index in [1.807, 2.05) is 0 Å². The van der Waals surface area contributed by atoms with Gasteiger partial charge in [0.1, 0.15) is 13.2 Å². The van der Waals surface area contributed by atoms with E-state index in [-0.39, 0.29) is 10.5 Å². The molecule has 0 spiro atoms. The Bertz CT molecular complexity index is 954. The van der Waals surface area contributed by atoms with Gasteiger partial charge in [0.2, 0.25) is 0 Å². The van der Waals surface area contributed by atoms with Crippen LogP contribution in [0, 0.1) is 6.92 Å². The van der Waals surface area contributed by atoms with Crippen LogP contribution in [-0.2, 0) is 14.8 Å². The van der Waals surface area contributed by atoms with Crippen LogP contribution in [0.15, 0.2) is 41.3 Å². The number of esters is 1. The van der Waals surface area contributed by atoms with E-state index in [1.54, 1.807) is 25.1 Å². The average molecular weight is 377 g/mol. The van der Waals surface area contributed by atoms with Crippen LogP contribution < -0.4 is 13.8 Å².